The van der Waals surface area contributed by atoms with Crippen LogP contribution in [0.15, 0.2) is 33.5 Å². The summed E-state index contributed by atoms with van der Waals surface area (Å²) in [4.78, 5) is 16.6. The van der Waals surface area contributed by atoms with Crippen LogP contribution in [0.4, 0.5) is 5.69 Å². The number of carbonyl (C=O) groups is 1. The molecule has 106 valence electrons. The molecule has 0 saturated carbocycles. The zero-order chi connectivity index (χ0) is 14.7. The van der Waals surface area contributed by atoms with Gasteiger partial charge in [-0.25, -0.2) is 4.98 Å². The lowest BCUT2D eigenvalue weighted by Gasteiger charge is -2.10. The Balaban J connectivity index is 2.23. The van der Waals surface area contributed by atoms with Crippen LogP contribution in [0.25, 0.3) is 0 Å². The Bertz CT molecular complexity index is 637. The molecule has 0 fully saturated rings. The molecule has 0 bridgehead atoms. The van der Waals surface area contributed by atoms with Gasteiger partial charge in [-0.15, -0.1) is 0 Å². The fraction of sp³-hybridized carbons (Fsp3) is 0.286. The highest BCUT2D eigenvalue weighted by Gasteiger charge is 2.14. The molecule has 0 radical (unpaired) electrons. The molecule has 0 saturated heterocycles. The predicted molar refractivity (Wildman–Crippen MR) is 87.1 cm³/mol. The molecule has 4 nitrogen and oxygen atoms in total. The van der Waals surface area contributed by atoms with Gasteiger partial charge < -0.3 is 9.88 Å². The van der Waals surface area contributed by atoms with Crippen molar-refractivity contribution in [2.75, 3.05) is 5.32 Å². The Morgan fingerprint density at radius 3 is 2.80 bits per heavy atom. The van der Waals surface area contributed by atoms with E-state index < -0.39 is 0 Å². The summed E-state index contributed by atoms with van der Waals surface area (Å²) in [5.74, 6) is -0.128. The summed E-state index contributed by atoms with van der Waals surface area (Å²) < 4.78 is 3.60. The summed E-state index contributed by atoms with van der Waals surface area (Å²) in [5.41, 5.74) is 2.14. The Hall–Kier alpha value is -1.14. The number of amides is 1. The summed E-state index contributed by atoms with van der Waals surface area (Å²) in [6, 6.07) is 5.47. The normalized spacial score (nSPS) is 10.6. The molecule has 20 heavy (non-hydrogen) atoms. The summed E-state index contributed by atoms with van der Waals surface area (Å²) in [6.07, 6.45) is 2.89. The average molecular weight is 401 g/mol. The van der Waals surface area contributed by atoms with Gasteiger partial charge in [-0.3, -0.25) is 4.79 Å². The van der Waals surface area contributed by atoms with Gasteiger partial charge in [0, 0.05) is 17.2 Å². The number of pyridine rings is 1. The van der Waals surface area contributed by atoms with Crippen molar-refractivity contribution in [2.45, 2.75) is 26.8 Å². The third-order valence-corrected chi connectivity index (χ3v) is 3.74. The topological polar surface area (TPSA) is 46.9 Å². The van der Waals surface area contributed by atoms with Gasteiger partial charge in [-0.05, 0) is 63.4 Å². The zero-order valence-electron chi connectivity index (χ0n) is 11.3. The van der Waals surface area contributed by atoms with Crippen molar-refractivity contribution in [3.05, 3.63) is 44.9 Å². The Labute approximate surface area is 134 Å². The van der Waals surface area contributed by atoms with E-state index in [0.717, 1.165) is 33.4 Å². The van der Waals surface area contributed by atoms with Crippen LogP contribution in [0.1, 0.15) is 29.5 Å². The van der Waals surface area contributed by atoms with E-state index in [-0.39, 0.29) is 5.91 Å². The minimum absolute atomic E-state index is 0.128. The lowest BCUT2D eigenvalue weighted by molar-refractivity contribution is 0.101. The molecule has 2 aromatic heterocycles. The van der Waals surface area contributed by atoms with Crippen LogP contribution in [0.2, 0.25) is 0 Å². The molecule has 2 rings (SSSR count). The number of hydrogen-bond donors (Lipinski definition) is 1. The number of aryl methyl sites for hydroxylation is 2. The zero-order valence-corrected chi connectivity index (χ0v) is 14.5. The average Bonchev–Trinajstić information content (AvgIpc) is 2.74. The summed E-state index contributed by atoms with van der Waals surface area (Å²) >= 11 is 6.72. The first-order valence-electron chi connectivity index (χ1n) is 6.31. The third-order valence-electron chi connectivity index (χ3n) is 2.86. The van der Waals surface area contributed by atoms with E-state index in [2.05, 4.69) is 49.1 Å². The number of aromatic nitrogens is 2. The van der Waals surface area contributed by atoms with Gasteiger partial charge in [0.2, 0.25) is 0 Å². The van der Waals surface area contributed by atoms with Gasteiger partial charge in [-0.2, -0.15) is 0 Å². The Morgan fingerprint density at radius 2 is 2.15 bits per heavy atom. The molecule has 2 heterocycles. The third kappa shape index (κ3) is 3.49. The smallest absolute Gasteiger partial charge is 0.272 e. The van der Waals surface area contributed by atoms with Gasteiger partial charge in [0.25, 0.3) is 5.91 Å². The number of nitrogens with zero attached hydrogens (tertiary/aromatic N) is 2. The van der Waals surface area contributed by atoms with E-state index in [1.807, 2.05) is 35.9 Å². The van der Waals surface area contributed by atoms with Crippen LogP contribution in [0, 0.1) is 6.92 Å². The van der Waals surface area contributed by atoms with Gasteiger partial charge in [-0.1, -0.05) is 6.92 Å². The maximum absolute atomic E-state index is 12.4. The fourth-order valence-electron chi connectivity index (χ4n) is 1.94. The predicted octanol–water partition coefficient (Wildman–Crippen LogP) is 4.38. The van der Waals surface area contributed by atoms with E-state index in [9.17, 15) is 4.79 Å². The highest BCUT2D eigenvalue weighted by molar-refractivity contribution is 9.10. The first-order chi connectivity index (χ1) is 9.51. The Morgan fingerprint density at radius 1 is 1.40 bits per heavy atom. The lowest BCUT2D eigenvalue weighted by Crippen LogP contribution is -2.17. The largest absolute Gasteiger partial charge is 0.342 e. The molecule has 0 spiro atoms. The highest BCUT2D eigenvalue weighted by atomic mass is 79.9. The molecule has 1 N–H and O–H groups in total. The molecular formula is C14H15Br2N3O. The van der Waals surface area contributed by atoms with Crippen molar-refractivity contribution in [3.8, 4) is 0 Å². The molecule has 0 aromatic carbocycles. The second-order valence-corrected chi connectivity index (χ2v) is 6.19. The lowest BCUT2D eigenvalue weighted by atomic mass is 10.3. The fourth-order valence-corrected chi connectivity index (χ4v) is 2.80. The first kappa shape index (κ1) is 15.3. The van der Waals surface area contributed by atoms with E-state index >= 15 is 0 Å². The first-order valence-corrected chi connectivity index (χ1v) is 7.90. The maximum Gasteiger partial charge on any atom is 0.272 e. The second-order valence-electron chi connectivity index (χ2n) is 4.46. The number of anilines is 1. The molecule has 0 aliphatic carbocycles. The molecule has 2 aromatic rings. The van der Waals surface area contributed by atoms with E-state index in [4.69, 9.17) is 0 Å². The van der Waals surface area contributed by atoms with Crippen LogP contribution >= 0.6 is 31.9 Å². The van der Waals surface area contributed by atoms with Gasteiger partial charge in [0.05, 0.1) is 11.4 Å². The molecule has 0 unspecified atom stereocenters. The van der Waals surface area contributed by atoms with Gasteiger partial charge in [0.15, 0.2) is 0 Å². The molecule has 1 amide bonds. The van der Waals surface area contributed by atoms with Crippen LogP contribution in [-0.4, -0.2) is 15.5 Å². The second kappa shape index (κ2) is 6.54. The minimum atomic E-state index is -0.128. The summed E-state index contributed by atoms with van der Waals surface area (Å²) in [5, 5.41) is 2.90. The Kier molecular flexibility index (Phi) is 4.99. The van der Waals surface area contributed by atoms with Crippen molar-refractivity contribution >= 4 is 43.5 Å². The molecule has 0 atom stereocenters. The van der Waals surface area contributed by atoms with Crippen molar-refractivity contribution in [1.29, 1.82) is 0 Å². The standard InChI is InChI=1S/C14H15Br2N3O/c1-3-6-19-8-10(15)7-12(19)14(20)18-11-4-5-13(16)17-9(11)2/h4-5,7-8H,3,6H2,1-2H3,(H,18,20). The number of halogens is 2. The van der Waals surface area contributed by atoms with Crippen LogP contribution in [0.5, 0.6) is 0 Å². The molecule has 0 aliphatic rings. The number of rotatable bonds is 4. The molecule has 6 heteroatoms. The van der Waals surface area contributed by atoms with E-state index in [1.165, 1.54) is 0 Å². The van der Waals surface area contributed by atoms with Crippen LogP contribution < -0.4 is 5.32 Å². The van der Waals surface area contributed by atoms with Crippen molar-refractivity contribution in [1.82, 2.24) is 9.55 Å². The van der Waals surface area contributed by atoms with Crippen LogP contribution in [-0.2, 0) is 6.54 Å². The van der Waals surface area contributed by atoms with E-state index in [1.54, 1.807) is 0 Å². The number of nitrogens with one attached hydrogen (secondary N) is 1. The summed E-state index contributed by atoms with van der Waals surface area (Å²) in [6.45, 7) is 4.76. The molecular weight excluding hydrogens is 386 g/mol. The number of hydrogen-bond acceptors (Lipinski definition) is 2. The van der Waals surface area contributed by atoms with Crippen molar-refractivity contribution in [2.24, 2.45) is 0 Å². The quantitative estimate of drug-likeness (QED) is 0.774. The highest BCUT2D eigenvalue weighted by Crippen LogP contribution is 2.20. The number of carbonyl (C=O) groups excluding carboxylic acids is 1. The maximum atomic E-state index is 12.4. The molecule has 0 aliphatic heterocycles. The minimum Gasteiger partial charge on any atom is -0.342 e. The van der Waals surface area contributed by atoms with E-state index in [0.29, 0.717) is 5.69 Å². The van der Waals surface area contributed by atoms with Crippen LogP contribution in [0.3, 0.4) is 0 Å². The van der Waals surface area contributed by atoms with Gasteiger partial charge in [0.1, 0.15) is 10.3 Å². The van der Waals surface area contributed by atoms with Crippen molar-refractivity contribution < 1.29 is 4.79 Å². The SMILES string of the molecule is CCCn1cc(Br)cc1C(=O)Nc1ccc(Br)nc1C. The van der Waals surface area contributed by atoms with Gasteiger partial charge >= 0.3 is 0 Å². The monoisotopic (exact) mass is 399 g/mol. The van der Waals surface area contributed by atoms with Crippen molar-refractivity contribution in [3.63, 3.8) is 0 Å². The summed E-state index contributed by atoms with van der Waals surface area (Å²) in [7, 11) is 0.